The molecule has 0 unspecified atom stereocenters. The highest BCUT2D eigenvalue weighted by atomic mass is 16.7. The maximum absolute atomic E-state index is 9.32. The van der Waals surface area contributed by atoms with Gasteiger partial charge in [0, 0.05) is 17.0 Å². The van der Waals surface area contributed by atoms with Gasteiger partial charge in [-0.2, -0.15) is 0 Å². The maximum Gasteiger partial charge on any atom is 0.184 e. The molecule has 0 radical (unpaired) electrons. The Balaban J connectivity index is 2.01. The minimum atomic E-state index is -0.300. The molecule has 0 aliphatic carbocycles. The number of benzene rings is 1. The van der Waals surface area contributed by atoms with Gasteiger partial charge in [0.05, 0.1) is 26.4 Å². The highest BCUT2D eigenvalue weighted by molar-refractivity contribution is 5.46. The number of aliphatic hydroxyl groups is 1. The van der Waals surface area contributed by atoms with Crippen molar-refractivity contribution < 1.29 is 19.3 Å². The van der Waals surface area contributed by atoms with Crippen LogP contribution in [0.1, 0.15) is 23.3 Å². The van der Waals surface area contributed by atoms with E-state index in [0.717, 1.165) is 16.9 Å². The number of aliphatic hydroxyl groups excluding tert-OH is 1. The molecule has 4 heteroatoms. The van der Waals surface area contributed by atoms with Crippen LogP contribution >= 0.6 is 0 Å². The first-order chi connectivity index (χ1) is 7.90. The first-order valence-electron chi connectivity index (χ1n) is 5.50. The van der Waals surface area contributed by atoms with Crippen LogP contribution < -0.4 is 4.74 Å². The van der Waals surface area contributed by atoms with Gasteiger partial charge in [0.25, 0.3) is 0 Å². The number of ether oxygens (including phenoxy) is 3. The summed E-state index contributed by atoms with van der Waals surface area (Å²) < 4.78 is 16.5. The number of hydrogen-bond acceptors (Lipinski definition) is 4. The molecule has 0 spiro atoms. The molecule has 1 atom stereocenters. The van der Waals surface area contributed by atoms with Crippen LogP contribution in [-0.4, -0.2) is 31.5 Å². The van der Waals surface area contributed by atoms with Gasteiger partial charge in [0.1, 0.15) is 5.75 Å². The quantitative estimate of drug-likeness (QED) is 0.816. The topological polar surface area (TPSA) is 47.9 Å². The standard InChI is InChI=1S/C12H14O4/c13-6-8-7-16-10-3-1-2-9(11(8)10)12-14-4-5-15-12/h1-3,8,12-13H,4-7H2/t8-/m0/s1. The van der Waals surface area contributed by atoms with Gasteiger partial charge >= 0.3 is 0 Å². The summed E-state index contributed by atoms with van der Waals surface area (Å²) in [6.45, 7) is 1.88. The van der Waals surface area contributed by atoms with Gasteiger partial charge in [-0.3, -0.25) is 0 Å². The predicted octanol–water partition coefficient (Wildman–Crippen LogP) is 1.20. The Morgan fingerprint density at radius 1 is 1.25 bits per heavy atom. The van der Waals surface area contributed by atoms with E-state index >= 15 is 0 Å². The van der Waals surface area contributed by atoms with Gasteiger partial charge in [-0.05, 0) is 6.07 Å². The van der Waals surface area contributed by atoms with Crippen LogP contribution in [0.2, 0.25) is 0 Å². The van der Waals surface area contributed by atoms with Crippen LogP contribution in [-0.2, 0) is 9.47 Å². The molecule has 1 aromatic rings. The summed E-state index contributed by atoms with van der Waals surface area (Å²) >= 11 is 0. The molecule has 2 aliphatic rings. The lowest BCUT2D eigenvalue weighted by Crippen LogP contribution is -2.09. The van der Waals surface area contributed by atoms with Crippen molar-refractivity contribution >= 4 is 0 Å². The molecule has 1 saturated heterocycles. The minimum Gasteiger partial charge on any atom is -0.493 e. The van der Waals surface area contributed by atoms with Crippen LogP contribution in [0.3, 0.4) is 0 Å². The van der Waals surface area contributed by atoms with Crippen molar-refractivity contribution in [1.82, 2.24) is 0 Å². The monoisotopic (exact) mass is 222 g/mol. The average Bonchev–Trinajstić information content (AvgIpc) is 2.97. The van der Waals surface area contributed by atoms with Crippen molar-refractivity contribution in [2.45, 2.75) is 12.2 Å². The van der Waals surface area contributed by atoms with E-state index in [0.29, 0.717) is 19.8 Å². The van der Waals surface area contributed by atoms with Gasteiger partial charge < -0.3 is 19.3 Å². The third-order valence-electron chi connectivity index (χ3n) is 3.04. The third-order valence-corrected chi connectivity index (χ3v) is 3.04. The van der Waals surface area contributed by atoms with Gasteiger partial charge in [-0.15, -0.1) is 0 Å². The first kappa shape index (κ1) is 10.1. The summed E-state index contributed by atoms with van der Waals surface area (Å²) in [5.74, 6) is 0.884. The van der Waals surface area contributed by atoms with Crippen LogP contribution in [0.15, 0.2) is 18.2 Å². The fraction of sp³-hybridized carbons (Fsp3) is 0.500. The Morgan fingerprint density at radius 2 is 2.06 bits per heavy atom. The number of fused-ring (bicyclic) bond motifs is 1. The van der Waals surface area contributed by atoms with Crippen molar-refractivity contribution in [2.24, 2.45) is 0 Å². The van der Waals surface area contributed by atoms with Crippen molar-refractivity contribution in [3.63, 3.8) is 0 Å². The molecule has 4 nitrogen and oxygen atoms in total. The SMILES string of the molecule is OC[C@H]1COc2cccc(C3OCCO3)c21. The molecule has 3 rings (SSSR count). The Kier molecular flexibility index (Phi) is 2.55. The molecule has 0 bridgehead atoms. The number of hydrogen-bond donors (Lipinski definition) is 1. The summed E-state index contributed by atoms with van der Waals surface area (Å²) in [6.07, 6.45) is -0.300. The fourth-order valence-corrected chi connectivity index (χ4v) is 2.28. The second-order valence-corrected chi connectivity index (χ2v) is 4.02. The smallest absolute Gasteiger partial charge is 0.184 e. The molecular weight excluding hydrogens is 208 g/mol. The Morgan fingerprint density at radius 3 is 2.81 bits per heavy atom. The average molecular weight is 222 g/mol. The van der Waals surface area contributed by atoms with Gasteiger partial charge in [-0.1, -0.05) is 12.1 Å². The van der Waals surface area contributed by atoms with Crippen LogP contribution in [0.4, 0.5) is 0 Å². The van der Waals surface area contributed by atoms with Crippen molar-refractivity contribution in [3.8, 4) is 5.75 Å². The molecule has 16 heavy (non-hydrogen) atoms. The van der Waals surface area contributed by atoms with Crippen molar-refractivity contribution in [3.05, 3.63) is 29.3 Å². The molecule has 2 aliphatic heterocycles. The molecule has 1 N–H and O–H groups in total. The lowest BCUT2D eigenvalue weighted by molar-refractivity contribution is -0.0449. The van der Waals surface area contributed by atoms with E-state index in [9.17, 15) is 5.11 Å². The second-order valence-electron chi connectivity index (χ2n) is 4.02. The number of rotatable bonds is 2. The molecule has 1 aromatic carbocycles. The zero-order valence-corrected chi connectivity index (χ0v) is 8.89. The second kappa shape index (κ2) is 4.05. The summed E-state index contributed by atoms with van der Waals surface area (Å²) in [6, 6.07) is 5.83. The molecule has 86 valence electrons. The van der Waals surface area contributed by atoms with E-state index in [1.54, 1.807) is 0 Å². The van der Waals surface area contributed by atoms with E-state index in [4.69, 9.17) is 14.2 Å². The zero-order valence-electron chi connectivity index (χ0n) is 8.89. The van der Waals surface area contributed by atoms with Gasteiger partial charge in [0.2, 0.25) is 0 Å². The van der Waals surface area contributed by atoms with Gasteiger partial charge in [-0.25, -0.2) is 0 Å². The lowest BCUT2D eigenvalue weighted by atomic mass is 9.96. The predicted molar refractivity (Wildman–Crippen MR) is 56.4 cm³/mol. The first-order valence-corrected chi connectivity index (χ1v) is 5.50. The Hall–Kier alpha value is -1.10. The van der Waals surface area contributed by atoms with Crippen molar-refractivity contribution in [1.29, 1.82) is 0 Å². The minimum absolute atomic E-state index is 0.0407. The van der Waals surface area contributed by atoms with E-state index < -0.39 is 0 Å². The van der Waals surface area contributed by atoms with Crippen LogP contribution in [0.5, 0.6) is 5.75 Å². The molecule has 0 amide bonds. The Labute approximate surface area is 93.7 Å². The molecule has 1 fully saturated rings. The lowest BCUT2D eigenvalue weighted by Gasteiger charge is -2.15. The highest BCUT2D eigenvalue weighted by Crippen LogP contribution is 2.40. The van der Waals surface area contributed by atoms with E-state index in [1.165, 1.54) is 0 Å². The largest absolute Gasteiger partial charge is 0.493 e. The molecule has 0 saturated carbocycles. The fourth-order valence-electron chi connectivity index (χ4n) is 2.28. The summed E-state index contributed by atoms with van der Waals surface area (Å²) in [7, 11) is 0. The summed E-state index contributed by atoms with van der Waals surface area (Å²) in [4.78, 5) is 0. The van der Waals surface area contributed by atoms with E-state index in [-0.39, 0.29) is 18.8 Å². The third kappa shape index (κ3) is 1.50. The van der Waals surface area contributed by atoms with Crippen LogP contribution in [0.25, 0.3) is 0 Å². The molecular formula is C12H14O4. The summed E-state index contributed by atoms with van der Waals surface area (Å²) in [5, 5.41) is 9.32. The zero-order chi connectivity index (χ0) is 11.0. The normalized spacial score (nSPS) is 24.4. The van der Waals surface area contributed by atoms with Gasteiger partial charge in [0.15, 0.2) is 6.29 Å². The molecule has 0 aromatic heterocycles. The molecule has 2 heterocycles. The Bertz CT molecular complexity index is 385. The van der Waals surface area contributed by atoms with Crippen molar-refractivity contribution in [2.75, 3.05) is 26.4 Å². The van der Waals surface area contributed by atoms with E-state index in [1.807, 2.05) is 18.2 Å². The highest BCUT2D eigenvalue weighted by Gasteiger charge is 2.31. The van der Waals surface area contributed by atoms with Crippen LogP contribution in [0, 0.1) is 0 Å². The van der Waals surface area contributed by atoms with E-state index in [2.05, 4.69) is 0 Å². The summed E-state index contributed by atoms with van der Waals surface area (Å²) in [5.41, 5.74) is 2.03. The maximum atomic E-state index is 9.32.